The monoisotopic (exact) mass is 472 g/mol. The number of imidazole rings is 1. The molecule has 1 unspecified atom stereocenters. The first-order valence-electron chi connectivity index (χ1n) is 10.9. The van der Waals surface area contributed by atoms with Crippen LogP contribution in [0.3, 0.4) is 0 Å². The Morgan fingerprint density at radius 1 is 1.21 bits per heavy atom. The van der Waals surface area contributed by atoms with Crippen LogP contribution in [0.15, 0.2) is 33.8 Å². The lowest BCUT2D eigenvalue weighted by Crippen LogP contribution is -2.39. The highest BCUT2D eigenvalue weighted by Gasteiger charge is 2.23. The van der Waals surface area contributed by atoms with Crippen LogP contribution in [-0.4, -0.2) is 75.6 Å². The molecule has 1 atom stereocenters. The Hall–Kier alpha value is -2.79. The van der Waals surface area contributed by atoms with Gasteiger partial charge in [-0.1, -0.05) is 23.7 Å². The van der Waals surface area contributed by atoms with Gasteiger partial charge in [0.2, 0.25) is 0 Å². The molecule has 3 aromatic heterocycles. The van der Waals surface area contributed by atoms with Crippen molar-refractivity contribution in [2.75, 3.05) is 46.6 Å². The molecule has 4 aromatic rings. The molecule has 1 aromatic carbocycles. The molecule has 0 spiro atoms. The number of hydrogen-bond acceptors (Lipinski definition) is 8. The number of morpholine rings is 1. The Bertz CT molecular complexity index is 1340. The van der Waals surface area contributed by atoms with Gasteiger partial charge in [0, 0.05) is 44.2 Å². The number of aromatic nitrogens is 5. The zero-order chi connectivity index (χ0) is 22.9. The van der Waals surface area contributed by atoms with Crippen LogP contribution < -0.4 is 5.56 Å². The Morgan fingerprint density at radius 2 is 2.03 bits per heavy atom. The highest BCUT2D eigenvalue weighted by molar-refractivity contribution is 6.31. The van der Waals surface area contributed by atoms with Gasteiger partial charge < -0.3 is 18.6 Å². The first-order chi connectivity index (χ1) is 16.1. The molecule has 0 N–H and O–H groups in total. The molecule has 1 aliphatic rings. The molecule has 33 heavy (non-hydrogen) atoms. The SMILES string of the molecule is COCC(C)c1noc(-c2ncn3c2c(=O)n(CCN2CCOCC2)c2cc(Cl)ccc23)n1. The van der Waals surface area contributed by atoms with Gasteiger partial charge in [0.05, 0.1) is 30.9 Å². The van der Waals surface area contributed by atoms with Gasteiger partial charge in [-0.15, -0.1) is 0 Å². The third kappa shape index (κ3) is 4.15. The Morgan fingerprint density at radius 3 is 2.82 bits per heavy atom. The number of fused-ring (bicyclic) bond motifs is 3. The number of halogens is 1. The van der Waals surface area contributed by atoms with Crippen LogP contribution in [0.4, 0.5) is 0 Å². The zero-order valence-corrected chi connectivity index (χ0v) is 19.3. The van der Waals surface area contributed by atoms with Crippen molar-refractivity contribution in [1.82, 2.24) is 29.0 Å². The number of nitrogens with zero attached hydrogens (tertiary/aromatic N) is 6. The Labute approximate surface area is 194 Å². The molecular formula is C22H25ClN6O4. The molecule has 0 bridgehead atoms. The number of benzene rings is 1. The fourth-order valence-corrected chi connectivity index (χ4v) is 4.36. The second-order valence-corrected chi connectivity index (χ2v) is 8.61. The lowest BCUT2D eigenvalue weighted by Gasteiger charge is -2.27. The molecule has 174 valence electrons. The van der Waals surface area contributed by atoms with Crippen LogP contribution in [0.2, 0.25) is 5.02 Å². The second-order valence-electron chi connectivity index (χ2n) is 8.17. The first kappa shape index (κ1) is 22.0. The van der Waals surface area contributed by atoms with Gasteiger partial charge in [0.1, 0.15) is 11.8 Å². The number of methoxy groups -OCH3 is 1. The van der Waals surface area contributed by atoms with E-state index in [0.717, 1.165) is 30.7 Å². The fourth-order valence-electron chi connectivity index (χ4n) is 4.19. The van der Waals surface area contributed by atoms with Gasteiger partial charge >= 0.3 is 0 Å². The third-order valence-electron chi connectivity index (χ3n) is 5.95. The van der Waals surface area contributed by atoms with Crippen LogP contribution in [0, 0.1) is 0 Å². The largest absolute Gasteiger partial charge is 0.384 e. The number of hydrogen-bond donors (Lipinski definition) is 0. The van der Waals surface area contributed by atoms with Crippen LogP contribution in [0.1, 0.15) is 18.7 Å². The maximum atomic E-state index is 13.7. The third-order valence-corrected chi connectivity index (χ3v) is 6.18. The minimum absolute atomic E-state index is 0.0467. The summed E-state index contributed by atoms with van der Waals surface area (Å²) in [5, 5.41) is 4.63. The molecule has 4 heterocycles. The maximum absolute atomic E-state index is 13.7. The van der Waals surface area contributed by atoms with Crippen molar-refractivity contribution in [3.8, 4) is 11.6 Å². The highest BCUT2D eigenvalue weighted by Crippen LogP contribution is 2.26. The molecule has 0 saturated carbocycles. The predicted molar refractivity (Wildman–Crippen MR) is 123 cm³/mol. The summed E-state index contributed by atoms with van der Waals surface area (Å²) in [7, 11) is 1.62. The number of ether oxygens (including phenoxy) is 2. The fraction of sp³-hybridized carbons (Fsp3) is 0.455. The lowest BCUT2D eigenvalue weighted by atomic mass is 10.2. The minimum Gasteiger partial charge on any atom is -0.384 e. The van der Waals surface area contributed by atoms with Gasteiger partial charge in [-0.2, -0.15) is 4.98 Å². The van der Waals surface area contributed by atoms with E-state index in [2.05, 4.69) is 20.0 Å². The van der Waals surface area contributed by atoms with Gasteiger partial charge in [0.15, 0.2) is 11.5 Å². The standard InChI is InChI=1S/C22H25ClN6O4/c1-14(12-31-2)20-25-21(33-26-20)18-19-22(30)28(6-5-27-7-9-32-10-8-27)17-11-15(23)3-4-16(17)29(19)13-24-18/h3-4,11,13-14H,5-10,12H2,1-2H3. The molecule has 1 aliphatic heterocycles. The summed E-state index contributed by atoms with van der Waals surface area (Å²) >= 11 is 6.29. The van der Waals surface area contributed by atoms with Crippen LogP contribution in [-0.2, 0) is 16.0 Å². The van der Waals surface area contributed by atoms with Crippen molar-refractivity contribution in [2.45, 2.75) is 19.4 Å². The van der Waals surface area contributed by atoms with Crippen LogP contribution in [0.5, 0.6) is 0 Å². The summed E-state index contributed by atoms with van der Waals surface area (Å²) in [4.78, 5) is 25.0. The summed E-state index contributed by atoms with van der Waals surface area (Å²) < 4.78 is 19.6. The summed E-state index contributed by atoms with van der Waals surface area (Å²) in [6.07, 6.45) is 1.61. The maximum Gasteiger partial charge on any atom is 0.278 e. The molecule has 0 radical (unpaired) electrons. The van der Waals surface area contributed by atoms with Gasteiger partial charge in [-0.25, -0.2) is 4.98 Å². The van der Waals surface area contributed by atoms with E-state index in [1.54, 1.807) is 28.5 Å². The molecule has 1 saturated heterocycles. The number of rotatable bonds is 7. The molecule has 0 aliphatic carbocycles. The minimum atomic E-state index is -0.185. The van der Waals surface area contributed by atoms with Crippen molar-refractivity contribution >= 4 is 28.2 Å². The smallest absolute Gasteiger partial charge is 0.278 e. The van der Waals surface area contributed by atoms with E-state index >= 15 is 0 Å². The van der Waals surface area contributed by atoms with E-state index in [9.17, 15) is 4.79 Å². The van der Waals surface area contributed by atoms with E-state index in [-0.39, 0.29) is 17.4 Å². The average Bonchev–Trinajstić information content (AvgIpc) is 3.47. The lowest BCUT2D eigenvalue weighted by molar-refractivity contribution is 0.0364. The van der Waals surface area contributed by atoms with Gasteiger partial charge in [-0.3, -0.25) is 14.1 Å². The molecular weight excluding hydrogens is 448 g/mol. The summed E-state index contributed by atoms with van der Waals surface area (Å²) in [6.45, 7) is 6.74. The molecule has 5 rings (SSSR count). The first-order valence-corrected chi connectivity index (χ1v) is 11.3. The summed E-state index contributed by atoms with van der Waals surface area (Å²) in [6, 6.07) is 5.51. The Balaban J connectivity index is 1.62. The Kier molecular flexibility index (Phi) is 6.15. The topological polar surface area (TPSA) is 99.9 Å². The molecule has 0 amide bonds. The van der Waals surface area contributed by atoms with E-state index in [1.165, 1.54) is 0 Å². The van der Waals surface area contributed by atoms with Crippen molar-refractivity contribution in [3.05, 3.63) is 45.7 Å². The van der Waals surface area contributed by atoms with Crippen LogP contribution >= 0.6 is 11.6 Å². The second kappa shape index (κ2) is 9.22. The summed E-state index contributed by atoms with van der Waals surface area (Å²) in [5.41, 5.74) is 2.14. The highest BCUT2D eigenvalue weighted by atomic mass is 35.5. The van der Waals surface area contributed by atoms with Gasteiger partial charge in [0.25, 0.3) is 11.4 Å². The van der Waals surface area contributed by atoms with Crippen LogP contribution in [0.25, 0.3) is 28.1 Å². The summed E-state index contributed by atoms with van der Waals surface area (Å²) in [5.74, 6) is 0.670. The van der Waals surface area contributed by atoms with E-state index < -0.39 is 0 Å². The van der Waals surface area contributed by atoms with Crippen molar-refractivity contribution < 1.29 is 14.0 Å². The van der Waals surface area contributed by atoms with Gasteiger partial charge in [-0.05, 0) is 18.2 Å². The predicted octanol–water partition coefficient (Wildman–Crippen LogP) is 2.43. The van der Waals surface area contributed by atoms with E-state index in [4.69, 9.17) is 25.6 Å². The van der Waals surface area contributed by atoms with E-state index in [1.807, 2.05) is 19.1 Å². The van der Waals surface area contributed by atoms with Crippen molar-refractivity contribution in [2.24, 2.45) is 0 Å². The van der Waals surface area contributed by atoms with E-state index in [0.29, 0.717) is 48.4 Å². The van der Waals surface area contributed by atoms with Crippen molar-refractivity contribution in [1.29, 1.82) is 0 Å². The zero-order valence-electron chi connectivity index (χ0n) is 18.5. The quantitative estimate of drug-likeness (QED) is 0.404. The molecule has 10 nitrogen and oxygen atoms in total. The molecule has 11 heteroatoms. The normalized spacial score (nSPS) is 16.1. The van der Waals surface area contributed by atoms with Crippen molar-refractivity contribution in [3.63, 3.8) is 0 Å². The molecule has 1 fully saturated rings. The average molecular weight is 473 g/mol.